The van der Waals surface area contributed by atoms with Crippen LogP contribution < -0.4 is 4.90 Å². The van der Waals surface area contributed by atoms with Gasteiger partial charge in [0.05, 0.1) is 0 Å². The van der Waals surface area contributed by atoms with Crippen LogP contribution in [0.25, 0.3) is 4.96 Å². The van der Waals surface area contributed by atoms with Crippen molar-refractivity contribution in [2.45, 2.75) is 20.3 Å². The van der Waals surface area contributed by atoms with E-state index in [2.05, 4.69) is 23.7 Å². The van der Waals surface area contributed by atoms with Crippen LogP contribution >= 0.6 is 11.3 Å². The first-order valence-corrected chi connectivity index (χ1v) is 7.39. The van der Waals surface area contributed by atoms with Crippen molar-refractivity contribution in [2.75, 3.05) is 18.0 Å². The summed E-state index contributed by atoms with van der Waals surface area (Å²) in [5.41, 5.74) is 0.290. The summed E-state index contributed by atoms with van der Waals surface area (Å²) in [6, 6.07) is 0. The van der Waals surface area contributed by atoms with Crippen LogP contribution in [0.2, 0.25) is 0 Å². The molecule has 5 nitrogen and oxygen atoms in total. The zero-order valence-corrected chi connectivity index (χ0v) is 11.9. The molecule has 2 aromatic heterocycles. The monoisotopic (exact) mass is 279 g/mol. The summed E-state index contributed by atoms with van der Waals surface area (Å²) in [4.78, 5) is 18.9. The van der Waals surface area contributed by atoms with Gasteiger partial charge < -0.3 is 10.0 Å². The lowest BCUT2D eigenvalue weighted by Crippen LogP contribution is -2.39. The van der Waals surface area contributed by atoms with Gasteiger partial charge in [-0.3, -0.25) is 4.40 Å². The van der Waals surface area contributed by atoms with Crippen LogP contribution in [0.5, 0.6) is 0 Å². The lowest BCUT2D eigenvalue weighted by atomic mass is 9.89. The highest BCUT2D eigenvalue weighted by atomic mass is 32.1. The molecule has 0 aliphatic carbocycles. The van der Waals surface area contributed by atoms with E-state index in [1.165, 1.54) is 11.3 Å². The highest BCUT2D eigenvalue weighted by molar-refractivity contribution is 7.15. The third kappa shape index (κ3) is 2.00. The smallest absolute Gasteiger partial charge is 0.356 e. The van der Waals surface area contributed by atoms with Gasteiger partial charge in [0.2, 0.25) is 0 Å². The predicted octanol–water partition coefficient (Wildman–Crippen LogP) is 2.58. The van der Waals surface area contributed by atoms with Gasteiger partial charge in [-0.05, 0) is 18.3 Å². The molecule has 0 bridgehead atoms. The van der Waals surface area contributed by atoms with Crippen LogP contribution in [0.3, 0.4) is 0 Å². The van der Waals surface area contributed by atoms with Crippen LogP contribution in [-0.4, -0.2) is 33.6 Å². The van der Waals surface area contributed by atoms with Crippen molar-refractivity contribution >= 4 is 28.1 Å². The van der Waals surface area contributed by atoms with Gasteiger partial charge in [-0.1, -0.05) is 13.8 Å². The molecule has 1 saturated heterocycles. The Morgan fingerprint density at radius 2 is 2.26 bits per heavy atom. The number of thiazole rings is 1. The van der Waals surface area contributed by atoms with E-state index in [0.717, 1.165) is 24.5 Å². The summed E-state index contributed by atoms with van der Waals surface area (Å²) in [6.45, 7) is 6.24. The van der Waals surface area contributed by atoms with E-state index in [0.29, 0.717) is 17.7 Å². The molecule has 1 fully saturated rings. The number of hydrogen-bond acceptors (Lipinski definition) is 4. The second kappa shape index (κ2) is 4.52. The molecule has 0 spiro atoms. The van der Waals surface area contributed by atoms with Crippen molar-refractivity contribution < 1.29 is 9.90 Å². The molecule has 0 radical (unpaired) electrons. The zero-order chi connectivity index (χ0) is 13.6. The van der Waals surface area contributed by atoms with Crippen LogP contribution in [0.1, 0.15) is 30.8 Å². The number of anilines is 1. The molecule has 2 unspecified atom stereocenters. The zero-order valence-electron chi connectivity index (χ0n) is 11.0. The maximum Gasteiger partial charge on any atom is 0.356 e. The second-order valence-electron chi connectivity index (χ2n) is 5.33. The quantitative estimate of drug-likeness (QED) is 0.918. The van der Waals surface area contributed by atoms with Gasteiger partial charge >= 0.3 is 5.97 Å². The molecule has 0 amide bonds. The fraction of sp³-hybridized carbons (Fsp3) is 0.538. The molecule has 6 heteroatoms. The Balaban J connectivity index is 2.02. The van der Waals surface area contributed by atoms with E-state index in [1.807, 2.05) is 5.38 Å². The lowest BCUT2D eigenvalue weighted by Gasteiger charge is -2.35. The average molecular weight is 279 g/mol. The molecule has 102 valence electrons. The molecule has 1 aliphatic rings. The minimum absolute atomic E-state index is 0.290. The van der Waals surface area contributed by atoms with Gasteiger partial charge in [0.1, 0.15) is 0 Å². The highest BCUT2D eigenvalue weighted by Crippen LogP contribution is 2.30. The summed E-state index contributed by atoms with van der Waals surface area (Å²) in [6.07, 6.45) is 2.86. The van der Waals surface area contributed by atoms with Crippen LogP contribution in [-0.2, 0) is 0 Å². The number of fused-ring (bicyclic) bond motifs is 1. The Hall–Kier alpha value is -1.56. The molecule has 1 aliphatic heterocycles. The van der Waals surface area contributed by atoms with E-state index >= 15 is 0 Å². The topological polar surface area (TPSA) is 57.8 Å². The summed E-state index contributed by atoms with van der Waals surface area (Å²) in [5.74, 6) is 0.966. The average Bonchev–Trinajstić information content (AvgIpc) is 2.91. The van der Waals surface area contributed by atoms with Crippen LogP contribution in [0, 0.1) is 11.8 Å². The van der Waals surface area contributed by atoms with Crippen molar-refractivity contribution in [3.63, 3.8) is 0 Å². The molecule has 19 heavy (non-hydrogen) atoms. The van der Waals surface area contributed by atoms with Gasteiger partial charge in [0, 0.05) is 24.7 Å². The Kier molecular flexibility index (Phi) is 2.97. The van der Waals surface area contributed by atoms with Crippen molar-refractivity contribution in [2.24, 2.45) is 11.8 Å². The van der Waals surface area contributed by atoms with Gasteiger partial charge in [-0.25, -0.2) is 9.78 Å². The summed E-state index contributed by atoms with van der Waals surface area (Å²) >= 11 is 1.47. The van der Waals surface area contributed by atoms with Crippen molar-refractivity contribution in [1.82, 2.24) is 9.38 Å². The Morgan fingerprint density at radius 3 is 2.95 bits per heavy atom. The number of nitrogens with zero attached hydrogens (tertiary/aromatic N) is 3. The van der Waals surface area contributed by atoms with Gasteiger partial charge in [-0.15, -0.1) is 11.3 Å². The first-order chi connectivity index (χ1) is 9.08. The number of aromatic nitrogens is 2. The maximum atomic E-state index is 11.5. The van der Waals surface area contributed by atoms with E-state index in [1.54, 1.807) is 10.6 Å². The number of carbonyl (C=O) groups is 1. The van der Waals surface area contributed by atoms with Crippen LogP contribution in [0.15, 0.2) is 11.6 Å². The van der Waals surface area contributed by atoms with E-state index < -0.39 is 5.97 Å². The normalized spacial score (nSPS) is 24.0. The third-order valence-electron chi connectivity index (χ3n) is 4.08. The fourth-order valence-corrected chi connectivity index (χ4v) is 3.36. The first kappa shape index (κ1) is 12.5. The summed E-state index contributed by atoms with van der Waals surface area (Å²) in [5, 5.41) is 11.3. The van der Waals surface area contributed by atoms with Crippen LogP contribution in [0.4, 0.5) is 5.82 Å². The third-order valence-corrected chi connectivity index (χ3v) is 4.84. The van der Waals surface area contributed by atoms with Crippen molar-refractivity contribution in [3.8, 4) is 0 Å². The number of hydrogen-bond donors (Lipinski definition) is 1. The van der Waals surface area contributed by atoms with Crippen molar-refractivity contribution in [3.05, 3.63) is 17.3 Å². The number of carboxylic acid groups (broad SMARTS) is 1. The molecule has 1 N–H and O–H groups in total. The predicted molar refractivity (Wildman–Crippen MR) is 75.2 cm³/mol. The number of imidazole rings is 1. The Morgan fingerprint density at radius 1 is 1.47 bits per heavy atom. The van der Waals surface area contributed by atoms with Gasteiger partial charge in [-0.2, -0.15) is 0 Å². The standard InChI is InChI=1S/C13H17N3O2S/c1-8-3-4-15(7-9(8)2)11-10(12(17)18)16-5-6-19-13(16)14-11/h5-6,8-9H,3-4,7H2,1-2H3,(H,17,18). The van der Waals surface area contributed by atoms with Crippen molar-refractivity contribution in [1.29, 1.82) is 0 Å². The first-order valence-electron chi connectivity index (χ1n) is 6.51. The number of aromatic carboxylic acids is 1. The highest BCUT2D eigenvalue weighted by Gasteiger charge is 2.29. The molecule has 3 heterocycles. The lowest BCUT2D eigenvalue weighted by molar-refractivity contribution is 0.0690. The number of rotatable bonds is 2. The van der Waals surface area contributed by atoms with Gasteiger partial charge in [0.15, 0.2) is 16.5 Å². The molecule has 2 atom stereocenters. The SMILES string of the molecule is CC1CCN(c2nc3sccn3c2C(=O)O)CC1C. The molecular formula is C13H17N3O2S. The van der Waals surface area contributed by atoms with E-state index in [-0.39, 0.29) is 5.69 Å². The molecule has 3 rings (SSSR count). The fourth-order valence-electron chi connectivity index (χ4n) is 2.65. The maximum absolute atomic E-state index is 11.5. The molecular weight excluding hydrogens is 262 g/mol. The number of piperidine rings is 1. The molecule has 2 aromatic rings. The molecule has 0 aromatic carbocycles. The summed E-state index contributed by atoms with van der Waals surface area (Å²) < 4.78 is 1.67. The summed E-state index contributed by atoms with van der Waals surface area (Å²) in [7, 11) is 0. The second-order valence-corrected chi connectivity index (χ2v) is 6.21. The minimum atomic E-state index is -0.910. The van der Waals surface area contributed by atoms with Gasteiger partial charge in [0.25, 0.3) is 0 Å². The molecule has 0 saturated carbocycles. The largest absolute Gasteiger partial charge is 0.476 e. The minimum Gasteiger partial charge on any atom is -0.476 e. The Labute approximate surface area is 115 Å². The van der Waals surface area contributed by atoms with E-state index in [9.17, 15) is 9.90 Å². The Bertz CT molecular complexity index is 618. The number of carboxylic acids is 1. The van der Waals surface area contributed by atoms with E-state index in [4.69, 9.17) is 0 Å².